The van der Waals surface area contributed by atoms with E-state index in [4.69, 9.17) is 14.6 Å². The van der Waals surface area contributed by atoms with Crippen LogP contribution < -0.4 is 10.6 Å². The Morgan fingerprint density at radius 3 is 2.71 bits per heavy atom. The predicted molar refractivity (Wildman–Crippen MR) is 80.8 cm³/mol. The van der Waals surface area contributed by atoms with Gasteiger partial charge in [-0.15, -0.1) is 0 Å². The second-order valence-electron chi connectivity index (χ2n) is 3.99. The minimum atomic E-state index is -1.07. The van der Waals surface area contributed by atoms with Gasteiger partial charge in [-0.3, -0.25) is 0 Å². The van der Waals surface area contributed by atoms with Crippen LogP contribution in [0.3, 0.4) is 0 Å². The molecular formula is C13H17BrN2O5. The van der Waals surface area contributed by atoms with Crippen molar-refractivity contribution in [1.29, 1.82) is 0 Å². The zero-order valence-corrected chi connectivity index (χ0v) is 13.1. The van der Waals surface area contributed by atoms with Gasteiger partial charge in [0.05, 0.1) is 25.4 Å². The van der Waals surface area contributed by atoms with Crippen molar-refractivity contribution >= 4 is 33.6 Å². The van der Waals surface area contributed by atoms with Crippen LogP contribution in [0.1, 0.15) is 10.4 Å². The summed E-state index contributed by atoms with van der Waals surface area (Å²) in [6.45, 7) is 1.69. The first-order valence-electron chi connectivity index (χ1n) is 6.19. The van der Waals surface area contributed by atoms with Crippen molar-refractivity contribution in [3.8, 4) is 0 Å². The van der Waals surface area contributed by atoms with Crippen LogP contribution in [-0.4, -0.2) is 50.6 Å². The van der Waals surface area contributed by atoms with Gasteiger partial charge in [-0.2, -0.15) is 0 Å². The van der Waals surface area contributed by atoms with E-state index in [-0.39, 0.29) is 5.56 Å². The minimum Gasteiger partial charge on any atom is -0.478 e. The number of benzene rings is 1. The molecule has 0 unspecified atom stereocenters. The Balaban J connectivity index is 2.38. The lowest BCUT2D eigenvalue weighted by Crippen LogP contribution is -2.31. The maximum Gasteiger partial charge on any atom is 0.336 e. The van der Waals surface area contributed by atoms with Gasteiger partial charge in [-0.1, -0.05) is 0 Å². The van der Waals surface area contributed by atoms with Gasteiger partial charge in [0.2, 0.25) is 0 Å². The third kappa shape index (κ3) is 6.56. The number of carbonyl (C=O) groups excluding carboxylic acids is 1. The fourth-order valence-corrected chi connectivity index (χ4v) is 1.84. The van der Waals surface area contributed by atoms with Crippen LogP contribution in [-0.2, 0) is 9.47 Å². The first kappa shape index (κ1) is 17.4. The fraction of sp³-hybridized carbons (Fsp3) is 0.385. The Hall–Kier alpha value is -1.64. The van der Waals surface area contributed by atoms with E-state index in [2.05, 4.69) is 26.6 Å². The molecule has 0 heterocycles. The molecule has 0 fully saturated rings. The van der Waals surface area contributed by atoms with Crippen molar-refractivity contribution in [2.45, 2.75) is 0 Å². The zero-order valence-electron chi connectivity index (χ0n) is 11.5. The molecule has 0 bridgehead atoms. The minimum absolute atomic E-state index is 0.0794. The quantitative estimate of drug-likeness (QED) is 0.615. The summed E-state index contributed by atoms with van der Waals surface area (Å²) in [4.78, 5) is 22.6. The van der Waals surface area contributed by atoms with Crippen LogP contribution in [0, 0.1) is 0 Å². The molecule has 0 radical (unpaired) electrons. The first-order chi connectivity index (χ1) is 10.0. The van der Waals surface area contributed by atoms with E-state index >= 15 is 0 Å². The van der Waals surface area contributed by atoms with Crippen molar-refractivity contribution in [2.24, 2.45) is 0 Å². The van der Waals surface area contributed by atoms with Crippen LogP contribution in [0.4, 0.5) is 10.5 Å². The molecule has 0 aliphatic rings. The number of hydrogen-bond donors (Lipinski definition) is 3. The lowest BCUT2D eigenvalue weighted by molar-refractivity contribution is 0.0696. The van der Waals surface area contributed by atoms with Crippen molar-refractivity contribution in [3.63, 3.8) is 0 Å². The molecule has 0 saturated heterocycles. The maximum absolute atomic E-state index is 11.6. The molecule has 0 aliphatic carbocycles. The van der Waals surface area contributed by atoms with E-state index in [1.54, 1.807) is 19.2 Å². The molecule has 0 atom stereocenters. The largest absolute Gasteiger partial charge is 0.478 e. The van der Waals surface area contributed by atoms with Crippen molar-refractivity contribution < 1.29 is 24.2 Å². The lowest BCUT2D eigenvalue weighted by Gasteiger charge is -2.09. The molecule has 0 aliphatic heterocycles. The van der Waals surface area contributed by atoms with Gasteiger partial charge in [0, 0.05) is 23.8 Å². The molecule has 21 heavy (non-hydrogen) atoms. The number of rotatable bonds is 8. The molecule has 0 saturated carbocycles. The van der Waals surface area contributed by atoms with Gasteiger partial charge in [0.25, 0.3) is 0 Å². The van der Waals surface area contributed by atoms with E-state index in [1.807, 2.05) is 0 Å². The number of carboxylic acid groups (broad SMARTS) is 1. The highest BCUT2D eigenvalue weighted by atomic mass is 79.9. The topological polar surface area (TPSA) is 96.9 Å². The Bertz CT molecular complexity index is 495. The molecule has 8 heteroatoms. The number of carboxylic acids is 1. The summed E-state index contributed by atoms with van der Waals surface area (Å²) < 4.78 is 10.5. The molecule has 7 nitrogen and oxygen atoms in total. The van der Waals surface area contributed by atoms with Gasteiger partial charge >= 0.3 is 12.0 Å². The Morgan fingerprint density at radius 1 is 1.29 bits per heavy atom. The molecular weight excluding hydrogens is 344 g/mol. The highest BCUT2D eigenvalue weighted by molar-refractivity contribution is 9.10. The standard InChI is InChI=1S/C13H17BrN2O5/c1-20-6-7-21-5-4-15-13(19)16-9-2-3-11(14)10(8-9)12(17)18/h2-3,8H,4-7H2,1H3,(H,17,18)(H2,15,16,19). The average Bonchev–Trinajstić information content (AvgIpc) is 2.44. The van der Waals surface area contributed by atoms with Crippen LogP contribution >= 0.6 is 15.9 Å². The molecule has 1 rings (SSSR count). The first-order valence-corrected chi connectivity index (χ1v) is 6.98. The van der Waals surface area contributed by atoms with Gasteiger partial charge < -0.3 is 25.2 Å². The Labute approximate surface area is 130 Å². The maximum atomic E-state index is 11.6. The van der Waals surface area contributed by atoms with Gasteiger partial charge in [-0.25, -0.2) is 9.59 Å². The normalized spacial score (nSPS) is 10.2. The molecule has 3 N–H and O–H groups in total. The number of ether oxygens (including phenoxy) is 2. The SMILES string of the molecule is COCCOCCNC(=O)Nc1ccc(Br)c(C(=O)O)c1. The molecule has 2 amide bonds. The second kappa shape index (κ2) is 9.32. The molecule has 1 aromatic rings. The Kier molecular flexibility index (Phi) is 7.73. The summed E-state index contributed by atoms with van der Waals surface area (Å²) in [5.41, 5.74) is 0.476. The van der Waals surface area contributed by atoms with E-state index in [1.165, 1.54) is 6.07 Å². The number of halogens is 1. The summed E-state index contributed by atoms with van der Waals surface area (Å²) >= 11 is 3.13. The number of urea groups is 1. The zero-order chi connectivity index (χ0) is 15.7. The predicted octanol–water partition coefficient (Wildman–Crippen LogP) is 1.93. The number of anilines is 1. The van der Waals surface area contributed by atoms with E-state index < -0.39 is 12.0 Å². The van der Waals surface area contributed by atoms with Crippen molar-refractivity contribution in [2.75, 3.05) is 38.8 Å². The molecule has 1 aromatic carbocycles. The summed E-state index contributed by atoms with van der Waals surface area (Å²) in [6, 6.07) is 4.11. The van der Waals surface area contributed by atoms with E-state index in [0.29, 0.717) is 36.5 Å². The monoisotopic (exact) mass is 360 g/mol. The highest BCUT2D eigenvalue weighted by Gasteiger charge is 2.10. The van der Waals surface area contributed by atoms with Gasteiger partial charge in [-0.05, 0) is 34.1 Å². The average molecular weight is 361 g/mol. The summed E-state index contributed by atoms with van der Waals surface area (Å²) in [7, 11) is 1.58. The van der Waals surface area contributed by atoms with Crippen LogP contribution in [0.5, 0.6) is 0 Å². The smallest absolute Gasteiger partial charge is 0.336 e. The number of hydrogen-bond acceptors (Lipinski definition) is 4. The third-order valence-electron chi connectivity index (χ3n) is 2.42. The summed E-state index contributed by atoms with van der Waals surface area (Å²) in [5, 5.41) is 14.1. The van der Waals surface area contributed by atoms with Crippen molar-refractivity contribution in [3.05, 3.63) is 28.2 Å². The van der Waals surface area contributed by atoms with Gasteiger partial charge in [0.1, 0.15) is 0 Å². The van der Waals surface area contributed by atoms with Gasteiger partial charge in [0.15, 0.2) is 0 Å². The fourth-order valence-electron chi connectivity index (χ4n) is 1.42. The summed E-state index contributed by atoms with van der Waals surface area (Å²) in [6.07, 6.45) is 0. The second-order valence-corrected chi connectivity index (χ2v) is 4.84. The molecule has 116 valence electrons. The van der Waals surface area contributed by atoms with E-state index in [0.717, 1.165) is 0 Å². The van der Waals surface area contributed by atoms with Crippen LogP contribution in [0.25, 0.3) is 0 Å². The number of carbonyl (C=O) groups is 2. The Morgan fingerprint density at radius 2 is 2.05 bits per heavy atom. The lowest BCUT2D eigenvalue weighted by atomic mass is 10.2. The highest BCUT2D eigenvalue weighted by Crippen LogP contribution is 2.21. The van der Waals surface area contributed by atoms with Crippen LogP contribution in [0.15, 0.2) is 22.7 Å². The number of nitrogens with one attached hydrogen (secondary N) is 2. The number of methoxy groups -OCH3 is 1. The summed E-state index contributed by atoms with van der Waals surface area (Å²) in [5.74, 6) is -1.07. The molecule has 0 spiro atoms. The van der Waals surface area contributed by atoms with E-state index in [9.17, 15) is 9.59 Å². The third-order valence-corrected chi connectivity index (χ3v) is 3.11. The van der Waals surface area contributed by atoms with Crippen LogP contribution in [0.2, 0.25) is 0 Å². The molecule has 0 aromatic heterocycles. The van der Waals surface area contributed by atoms with Crippen molar-refractivity contribution in [1.82, 2.24) is 5.32 Å². The number of aromatic carboxylic acids is 1. The number of amides is 2.